The van der Waals surface area contributed by atoms with Crippen LogP contribution in [-0.2, 0) is 19.3 Å². The van der Waals surface area contributed by atoms with Crippen LogP contribution in [0.25, 0.3) is 0 Å². The second-order valence-corrected chi connectivity index (χ2v) is 7.51. The van der Waals surface area contributed by atoms with Crippen LogP contribution in [0.5, 0.6) is 0 Å². The zero-order chi connectivity index (χ0) is 20.0. The van der Waals surface area contributed by atoms with Crippen molar-refractivity contribution in [1.82, 2.24) is 25.5 Å². The standard InChI is InChI=1S/C18H23F3N6S/c1-22-17(24-10-16-26-15(12-28-16)18(19,20)21)25-13-5-8-27(9-6-13)11-14-4-2-3-7-23-14/h2-4,7,12-13H,5-6,8-11H2,1H3,(H2,22,24,25). The van der Waals surface area contributed by atoms with E-state index in [0.29, 0.717) is 11.0 Å². The van der Waals surface area contributed by atoms with Crippen molar-refractivity contribution in [2.24, 2.45) is 4.99 Å². The maximum atomic E-state index is 12.6. The fraction of sp³-hybridized carbons (Fsp3) is 0.500. The Labute approximate surface area is 165 Å². The molecule has 3 heterocycles. The molecule has 3 rings (SSSR count). The third-order valence-corrected chi connectivity index (χ3v) is 5.36. The summed E-state index contributed by atoms with van der Waals surface area (Å²) in [5.74, 6) is 0.576. The number of hydrogen-bond donors (Lipinski definition) is 2. The van der Waals surface area contributed by atoms with Crippen molar-refractivity contribution in [2.75, 3.05) is 20.1 Å². The number of nitrogens with zero attached hydrogens (tertiary/aromatic N) is 4. The van der Waals surface area contributed by atoms with Crippen LogP contribution in [0.3, 0.4) is 0 Å². The van der Waals surface area contributed by atoms with Crippen molar-refractivity contribution in [1.29, 1.82) is 0 Å². The van der Waals surface area contributed by atoms with Crippen LogP contribution in [0, 0.1) is 0 Å². The van der Waals surface area contributed by atoms with Gasteiger partial charge in [-0.05, 0) is 25.0 Å². The average molecular weight is 412 g/mol. The lowest BCUT2D eigenvalue weighted by molar-refractivity contribution is -0.140. The molecule has 1 aliphatic heterocycles. The van der Waals surface area contributed by atoms with E-state index >= 15 is 0 Å². The van der Waals surface area contributed by atoms with Crippen LogP contribution in [0.4, 0.5) is 13.2 Å². The Morgan fingerprint density at radius 3 is 2.71 bits per heavy atom. The molecule has 0 spiro atoms. The van der Waals surface area contributed by atoms with Gasteiger partial charge in [-0.3, -0.25) is 14.9 Å². The van der Waals surface area contributed by atoms with E-state index in [-0.39, 0.29) is 12.6 Å². The first-order valence-corrected chi connectivity index (χ1v) is 9.93. The molecule has 28 heavy (non-hydrogen) atoms. The number of halogens is 3. The molecular weight excluding hydrogens is 389 g/mol. The second kappa shape index (κ2) is 9.33. The molecule has 0 aliphatic carbocycles. The minimum absolute atomic E-state index is 0.207. The fourth-order valence-electron chi connectivity index (χ4n) is 3.03. The van der Waals surface area contributed by atoms with E-state index in [1.165, 1.54) is 0 Å². The van der Waals surface area contributed by atoms with Crippen LogP contribution in [0.2, 0.25) is 0 Å². The molecule has 0 radical (unpaired) electrons. The summed E-state index contributed by atoms with van der Waals surface area (Å²) in [6.45, 7) is 2.95. The highest BCUT2D eigenvalue weighted by molar-refractivity contribution is 7.09. The highest BCUT2D eigenvalue weighted by Gasteiger charge is 2.33. The number of nitrogens with one attached hydrogen (secondary N) is 2. The van der Waals surface area contributed by atoms with E-state index in [4.69, 9.17) is 0 Å². The van der Waals surface area contributed by atoms with Gasteiger partial charge in [0.25, 0.3) is 0 Å². The molecule has 0 amide bonds. The van der Waals surface area contributed by atoms with Crippen molar-refractivity contribution >= 4 is 17.3 Å². The first-order valence-electron chi connectivity index (χ1n) is 9.05. The molecule has 0 saturated carbocycles. The third kappa shape index (κ3) is 5.90. The first kappa shape index (κ1) is 20.5. The van der Waals surface area contributed by atoms with Gasteiger partial charge in [-0.1, -0.05) is 6.07 Å². The number of alkyl halides is 3. The lowest BCUT2D eigenvalue weighted by atomic mass is 10.1. The van der Waals surface area contributed by atoms with Gasteiger partial charge in [0, 0.05) is 44.3 Å². The highest BCUT2D eigenvalue weighted by atomic mass is 32.1. The largest absolute Gasteiger partial charge is 0.434 e. The van der Waals surface area contributed by atoms with Gasteiger partial charge in [0.1, 0.15) is 5.01 Å². The van der Waals surface area contributed by atoms with E-state index < -0.39 is 11.9 Å². The summed E-state index contributed by atoms with van der Waals surface area (Å²) in [4.78, 5) is 14.5. The van der Waals surface area contributed by atoms with Gasteiger partial charge in [-0.2, -0.15) is 13.2 Å². The summed E-state index contributed by atoms with van der Waals surface area (Å²) in [5.41, 5.74) is 0.214. The lowest BCUT2D eigenvalue weighted by Crippen LogP contribution is -2.48. The number of aliphatic imine (C=N–C) groups is 1. The fourth-order valence-corrected chi connectivity index (χ4v) is 3.77. The molecule has 0 atom stereocenters. The van der Waals surface area contributed by atoms with Crippen LogP contribution in [0.1, 0.15) is 29.2 Å². The normalized spacial score (nSPS) is 16.9. The molecule has 0 unspecified atom stereocenters. The zero-order valence-electron chi connectivity index (χ0n) is 15.5. The summed E-state index contributed by atoms with van der Waals surface area (Å²) in [6.07, 6.45) is -0.677. The van der Waals surface area contributed by atoms with Crippen molar-refractivity contribution in [3.05, 3.63) is 46.2 Å². The monoisotopic (exact) mass is 412 g/mol. The Hall–Kier alpha value is -2.20. The molecule has 2 aromatic heterocycles. The molecule has 2 aromatic rings. The summed E-state index contributed by atoms with van der Waals surface area (Å²) >= 11 is 0.987. The molecule has 2 N–H and O–H groups in total. The molecule has 0 aromatic carbocycles. The van der Waals surface area contributed by atoms with Crippen LogP contribution < -0.4 is 10.6 Å². The predicted octanol–water partition coefficient (Wildman–Crippen LogP) is 2.89. The Morgan fingerprint density at radius 1 is 1.32 bits per heavy atom. The van der Waals surface area contributed by atoms with E-state index in [1.54, 1.807) is 13.2 Å². The molecule has 6 nitrogen and oxygen atoms in total. The Balaban J connectivity index is 1.42. The molecule has 1 aliphatic rings. The molecule has 10 heteroatoms. The lowest BCUT2D eigenvalue weighted by Gasteiger charge is -2.32. The van der Waals surface area contributed by atoms with Crippen molar-refractivity contribution in [3.8, 4) is 0 Å². The van der Waals surface area contributed by atoms with E-state index in [0.717, 1.165) is 54.9 Å². The van der Waals surface area contributed by atoms with Gasteiger partial charge < -0.3 is 10.6 Å². The molecule has 152 valence electrons. The van der Waals surface area contributed by atoms with Crippen LogP contribution >= 0.6 is 11.3 Å². The number of pyridine rings is 1. The van der Waals surface area contributed by atoms with E-state index in [9.17, 15) is 13.2 Å². The van der Waals surface area contributed by atoms with E-state index in [2.05, 4.69) is 30.5 Å². The number of thiazole rings is 1. The van der Waals surface area contributed by atoms with Crippen LogP contribution in [-0.4, -0.2) is 47.0 Å². The predicted molar refractivity (Wildman–Crippen MR) is 103 cm³/mol. The molecular formula is C18H23F3N6S. The third-order valence-electron chi connectivity index (χ3n) is 4.51. The number of hydrogen-bond acceptors (Lipinski definition) is 5. The number of guanidine groups is 1. The van der Waals surface area contributed by atoms with Gasteiger partial charge in [-0.15, -0.1) is 11.3 Å². The summed E-state index contributed by atoms with van der Waals surface area (Å²) in [6, 6.07) is 6.20. The van der Waals surface area contributed by atoms with Gasteiger partial charge in [0.05, 0.1) is 12.2 Å². The number of aromatic nitrogens is 2. The summed E-state index contributed by atoms with van der Waals surface area (Å²) in [7, 11) is 1.65. The topological polar surface area (TPSA) is 65.4 Å². The number of rotatable bonds is 5. The Morgan fingerprint density at radius 2 is 2.11 bits per heavy atom. The Kier molecular flexibility index (Phi) is 6.84. The van der Waals surface area contributed by atoms with Crippen LogP contribution in [0.15, 0.2) is 34.8 Å². The maximum absolute atomic E-state index is 12.6. The highest BCUT2D eigenvalue weighted by Crippen LogP contribution is 2.29. The quantitative estimate of drug-likeness (QED) is 0.584. The smallest absolute Gasteiger partial charge is 0.354 e. The first-order chi connectivity index (χ1) is 13.4. The molecule has 1 saturated heterocycles. The van der Waals surface area contributed by atoms with Crippen molar-refractivity contribution in [2.45, 2.75) is 38.1 Å². The maximum Gasteiger partial charge on any atom is 0.434 e. The average Bonchev–Trinajstić information content (AvgIpc) is 3.17. The molecule has 0 bridgehead atoms. The number of likely N-dealkylation sites (tertiary alicyclic amines) is 1. The summed E-state index contributed by atoms with van der Waals surface area (Å²) in [5, 5.41) is 7.80. The minimum atomic E-state index is -4.40. The van der Waals surface area contributed by atoms with Gasteiger partial charge >= 0.3 is 6.18 Å². The summed E-state index contributed by atoms with van der Waals surface area (Å²) < 4.78 is 37.9. The van der Waals surface area contributed by atoms with Gasteiger partial charge in [0.2, 0.25) is 0 Å². The van der Waals surface area contributed by atoms with E-state index in [1.807, 2.05) is 18.2 Å². The molecule has 1 fully saturated rings. The second-order valence-electron chi connectivity index (χ2n) is 6.57. The SMILES string of the molecule is CN=C(NCc1nc(C(F)(F)F)cs1)NC1CCN(Cc2ccccn2)CC1. The number of piperidine rings is 1. The van der Waals surface area contributed by atoms with Crippen molar-refractivity contribution < 1.29 is 13.2 Å². The Bertz CT molecular complexity index is 769. The van der Waals surface area contributed by atoms with Crippen molar-refractivity contribution in [3.63, 3.8) is 0 Å². The van der Waals surface area contributed by atoms with Gasteiger partial charge in [-0.25, -0.2) is 4.98 Å². The zero-order valence-corrected chi connectivity index (χ0v) is 16.4. The van der Waals surface area contributed by atoms with Gasteiger partial charge in [0.15, 0.2) is 11.7 Å². The minimum Gasteiger partial charge on any atom is -0.354 e.